The molecule has 0 bridgehead atoms. The maximum absolute atomic E-state index is 6.26. The van der Waals surface area contributed by atoms with Gasteiger partial charge in [-0.05, 0) is 77.5 Å². The van der Waals surface area contributed by atoms with Gasteiger partial charge in [0.25, 0.3) is 0 Å². The fraction of sp³-hybridized carbons (Fsp3) is 0.200. The van der Waals surface area contributed by atoms with Crippen molar-refractivity contribution in [2.24, 2.45) is 0 Å². The molecule has 100 valence electrons. The van der Waals surface area contributed by atoms with E-state index in [0.29, 0.717) is 5.02 Å². The molecule has 0 aromatic heterocycles. The second-order valence-corrected chi connectivity index (χ2v) is 6.43. The van der Waals surface area contributed by atoms with E-state index in [1.165, 1.54) is 9.13 Å². The Morgan fingerprint density at radius 1 is 1.11 bits per heavy atom. The number of hydrogen-bond acceptors (Lipinski definition) is 1. The fourth-order valence-electron chi connectivity index (χ4n) is 2.01. The van der Waals surface area contributed by atoms with Crippen LogP contribution in [0.5, 0.6) is 0 Å². The molecule has 4 heteroatoms. The Bertz CT molecular complexity index is 555. The Kier molecular flexibility index (Phi) is 5.51. The van der Waals surface area contributed by atoms with Gasteiger partial charge in [-0.2, -0.15) is 0 Å². The second kappa shape index (κ2) is 6.93. The number of benzene rings is 2. The van der Waals surface area contributed by atoms with Gasteiger partial charge in [0.15, 0.2) is 0 Å². The first-order valence-electron chi connectivity index (χ1n) is 5.97. The molecule has 0 saturated heterocycles. The largest absolute Gasteiger partial charge is 0.313 e. The summed E-state index contributed by atoms with van der Waals surface area (Å²) in [6, 6.07) is 14.3. The molecule has 0 aliphatic heterocycles. The van der Waals surface area contributed by atoms with Crippen LogP contribution < -0.4 is 5.32 Å². The predicted octanol–water partition coefficient (Wildman–Crippen LogP) is 5.10. The fourth-order valence-corrected chi connectivity index (χ4v) is 2.79. The van der Waals surface area contributed by atoms with E-state index >= 15 is 0 Å². The van der Waals surface area contributed by atoms with E-state index in [1.807, 2.05) is 25.2 Å². The van der Waals surface area contributed by atoms with Crippen LogP contribution in [-0.4, -0.2) is 7.05 Å². The molecular formula is C15H14Cl2IN. The van der Waals surface area contributed by atoms with Crippen LogP contribution in [0.4, 0.5) is 0 Å². The van der Waals surface area contributed by atoms with E-state index in [4.69, 9.17) is 23.2 Å². The number of rotatable bonds is 4. The van der Waals surface area contributed by atoms with Crippen molar-refractivity contribution in [3.8, 4) is 0 Å². The number of hydrogen-bond donors (Lipinski definition) is 1. The maximum Gasteiger partial charge on any atom is 0.0454 e. The van der Waals surface area contributed by atoms with E-state index in [1.54, 1.807) is 0 Å². The van der Waals surface area contributed by atoms with Crippen LogP contribution in [0.25, 0.3) is 0 Å². The van der Waals surface area contributed by atoms with Gasteiger partial charge in [0, 0.05) is 19.7 Å². The molecule has 0 radical (unpaired) electrons. The topological polar surface area (TPSA) is 12.0 Å². The van der Waals surface area contributed by atoms with Gasteiger partial charge >= 0.3 is 0 Å². The molecule has 1 atom stereocenters. The summed E-state index contributed by atoms with van der Waals surface area (Å²) in [4.78, 5) is 0. The molecule has 0 saturated carbocycles. The van der Waals surface area contributed by atoms with Crippen LogP contribution in [0.1, 0.15) is 17.2 Å². The highest BCUT2D eigenvalue weighted by molar-refractivity contribution is 14.1. The van der Waals surface area contributed by atoms with Gasteiger partial charge in [-0.3, -0.25) is 0 Å². The molecule has 0 heterocycles. The Labute approximate surface area is 137 Å². The van der Waals surface area contributed by atoms with Crippen molar-refractivity contribution in [2.45, 2.75) is 12.5 Å². The second-order valence-electron chi connectivity index (χ2n) is 4.34. The molecule has 19 heavy (non-hydrogen) atoms. The summed E-state index contributed by atoms with van der Waals surface area (Å²) in [5, 5.41) is 4.76. The quantitative estimate of drug-likeness (QED) is 0.697. The minimum Gasteiger partial charge on any atom is -0.313 e. The third-order valence-electron chi connectivity index (χ3n) is 3.04. The summed E-state index contributed by atoms with van der Waals surface area (Å²) >= 11 is 14.6. The average Bonchev–Trinajstić information content (AvgIpc) is 2.41. The zero-order chi connectivity index (χ0) is 13.8. The molecule has 0 amide bonds. The average molecular weight is 406 g/mol. The molecule has 0 spiro atoms. The molecule has 0 fully saturated rings. The van der Waals surface area contributed by atoms with Gasteiger partial charge in [-0.1, -0.05) is 35.3 Å². The lowest BCUT2D eigenvalue weighted by Crippen LogP contribution is -2.19. The Hall–Kier alpha value is -0.290. The molecule has 2 rings (SSSR count). The highest BCUT2D eigenvalue weighted by Gasteiger charge is 2.14. The first-order chi connectivity index (χ1) is 9.10. The molecule has 2 aromatic rings. The minimum absolute atomic E-state index is 0.159. The number of likely N-dealkylation sites (N-methyl/N-ethyl adjacent to an activating group) is 1. The standard InChI is InChI=1S/C15H14Cl2IN/c1-19-15(8-10-2-5-12(18)6-3-10)13-9-11(16)4-7-14(13)17/h2-7,9,15,19H,8H2,1H3. The summed E-state index contributed by atoms with van der Waals surface area (Å²) in [5.41, 5.74) is 2.31. The summed E-state index contributed by atoms with van der Waals surface area (Å²) in [6.45, 7) is 0. The molecule has 2 aromatic carbocycles. The zero-order valence-electron chi connectivity index (χ0n) is 10.5. The van der Waals surface area contributed by atoms with Gasteiger partial charge in [0.2, 0.25) is 0 Å². The Morgan fingerprint density at radius 2 is 1.79 bits per heavy atom. The van der Waals surface area contributed by atoms with E-state index < -0.39 is 0 Å². The SMILES string of the molecule is CNC(Cc1ccc(I)cc1)c1cc(Cl)ccc1Cl. The van der Waals surface area contributed by atoms with Crippen molar-refractivity contribution in [3.05, 3.63) is 67.2 Å². The van der Waals surface area contributed by atoms with Crippen LogP contribution in [0.2, 0.25) is 10.0 Å². The van der Waals surface area contributed by atoms with Gasteiger partial charge in [-0.25, -0.2) is 0 Å². The first kappa shape index (κ1) is 15.1. The zero-order valence-corrected chi connectivity index (χ0v) is 14.1. The van der Waals surface area contributed by atoms with Crippen LogP contribution in [0, 0.1) is 3.57 Å². The van der Waals surface area contributed by atoms with Crippen LogP contribution >= 0.6 is 45.8 Å². The number of halogens is 3. The van der Waals surface area contributed by atoms with Crippen LogP contribution in [0.15, 0.2) is 42.5 Å². The smallest absolute Gasteiger partial charge is 0.0454 e. The van der Waals surface area contributed by atoms with Gasteiger partial charge in [-0.15, -0.1) is 0 Å². The summed E-state index contributed by atoms with van der Waals surface area (Å²) < 4.78 is 1.24. The van der Waals surface area contributed by atoms with Crippen molar-refractivity contribution < 1.29 is 0 Å². The summed E-state index contributed by atoms with van der Waals surface area (Å²) in [6.07, 6.45) is 0.882. The molecule has 0 aliphatic rings. The summed E-state index contributed by atoms with van der Waals surface area (Å²) in [7, 11) is 1.94. The Balaban J connectivity index is 2.24. The molecule has 0 aliphatic carbocycles. The third kappa shape index (κ3) is 4.09. The van der Waals surface area contributed by atoms with Crippen molar-refractivity contribution in [3.63, 3.8) is 0 Å². The van der Waals surface area contributed by atoms with Crippen molar-refractivity contribution in [1.29, 1.82) is 0 Å². The third-order valence-corrected chi connectivity index (χ3v) is 4.33. The van der Waals surface area contributed by atoms with E-state index in [2.05, 4.69) is 52.2 Å². The Morgan fingerprint density at radius 3 is 2.42 bits per heavy atom. The van der Waals surface area contributed by atoms with E-state index in [9.17, 15) is 0 Å². The van der Waals surface area contributed by atoms with E-state index in [-0.39, 0.29) is 6.04 Å². The molecule has 1 unspecified atom stereocenters. The lowest BCUT2D eigenvalue weighted by Gasteiger charge is -2.18. The van der Waals surface area contributed by atoms with Gasteiger partial charge < -0.3 is 5.32 Å². The predicted molar refractivity (Wildman–Crippen MR) is 91.1 cm³/mol. The molecular weight excluding hydrogens is 392 g/mol. The normalized spacial score (nSPS) is 12.4. The first-order valence-corrected chi connectivity index (χ1v) is 7.80. The lowest BCUT2D eigenvalue weighted by molar-refractivity contribution is 0.592. The van der Waals surface area contributed by atoms with Gasteiger partial charge in [0.1, 0.15) is 0 Å². The monoisotopic (exact) mass is 405 g/mol. The highest BCUT2D eigenvalue weighted by Crippen LogP contribution is 2.28. The summed E-state index contributed by atoms with van der Waals surface area (Å²) in [5.74, 6) is 0. The van der Waals surface area contributed by atoms with E-state index in [0.717, 1.165) is 17.0 Å². The molecule has 1 N–H and O–H groups in total. The van der Waals surface area contributed by atoms with Crippen LogP contribution in [-0.2, 0) is 6.42 Å². The number of nitrogens with one attached hydrogen (secondary N) is 1. The van der Waals surface area contributed by atoms with Crippen molar-refractivity contribution in [1.82, 2.24) is 5.32 Å². The minimum atomic E-state index is 0.159. The molecule has 1 nitrogen and oxygen atoms in total. The van der Waals surface area contributed by atoms with Crippen molar-refractivity contribution in [2.75, 3.05) is 7.05 Å². The van der Waals surface area contributed by atoms with Crippen molar-refractivity contribution >= 4 is 45.8 Å². The van der Waals surface area contributed by atoms with Crippen LogP contribution in [0.3, 0.4) is 0 Å². The maximum atomic E-state index is 6.26. The highest BCUT2D eigenvalue weighted by atomic mass is 127. The lowest BCUT2D eigenvalue weighted by atomic mass is 9.99. The van der Waals surface area contributed by atoms with Gasteiger partial charge in [0.05, 0.1) is 0 Å².